The Morgan fingerprint density at radius 3 is 2.05 bits per heavy atom. The predicted octanol–water partition coefficient (Wildman–Crippen LogP) is 1.30. The lowest BCUT2D eigenvalue weighted by Gasteiger charge is -2.20. The molecule has 0 amide bonds. The molecule has 0 aliphatic carbocycles. The number of nitro groups is 1. The second-order valence-electron chi connectivity index (χ2n) is 4.24. The van der Waals surface area contributed by atoms with Gasteiger partial charge in [0.1, 0.15) is 0 Å². The van der Waals surface area contributed by atoms with Crippen LogP contribution >= 0.6 is 12.6 Å². The topological polar surface area (TPSA) is 95.7 Å². The lowest BCUT2D eigenvalue weighted by molar-refractivity contribution is -0.484. The van der Waals surface area contributed by atoms with Crippen LogP contribution in [0.3, 0.4) is 0 Å². The number of carbonyl (C=O) groups excluding carboxylic acids is 2. The summed E-state index contributed by atoms with van der Waals surface area (Å²) in [4.78, 5) is 34.6. The van der Waals surface area contributed by atoms with Gasteiger partial charge in [-0.05, 0) is 17.7 Å². The lowest BCUT2D eigenvalue weighted by atomic mass is 9.86. The fourth-order valence-corrected chi connectivity index (χ4v) is 2.11. The number of benzene rings is 1. The van der Waals surface area contributed by atoms with Crippen LogP contribution in [0.2, 0.25) is 0 Å². The molecule has 0 aliphatic rings. The van der Waals surface area contributed by atoms with Gasteiger partial charge in [0, 0.05) is 9.82 Å². The van der Waals surface area contributed by atoms with Crippen LogP contribution in [-0.4, -0.2) is 37.6 Å². The van der Waals surface area contributed by atoms with E-state index in [2.05, 4.69) is 22.1 Å². The summed E-state index contributed by atoms with van der Waals surface area (Å²) < 4.78 is 9.13. The molecular weight excluding hydrogens is 298 g/mol. The highest BCUT2D eigenvalue weighted by Gasteiger charge is 2.40. The van der Waals surface area contributed by atoms with Crippen LogP contribution in [0.1, 0.15) is 11.5 Å². The quantitative estimate of drug-likeness (QED) is 0.279. The van der Waals surface area contributed by atoms with Crippen LogP contribution in [-0.2, 0) is 19.1 Å². The maximum Gasteiger partial charge on any atom is 0.320 e. The number of hydrogen-bond acceptors (Lipinski definition) is 7. The number of nitrogens with zero attached hydrogens (tertiary/aromatic N) is 1. The van der Waals surface area contributed by atoms with Gasteiger partial charge in [-0.3, -0.25) is 19.7 Å². The molecule has 1 unspecified atom stereocenters. The fraction of sp³-hybridized carbons (Fsp3) is 0.385. The Morgan fingerprint density at radius 1 is 1.19 bits per heavy atom. The van der Waals surface area contributed by atoms with Gasteiger partial charge in [0.2, 0.25) is 6.54 Å². The van der Waals surface area contributed by atoms with E-state index in [1.54, 1.807) is 24.3 Å². The van der Waals surface area contributed by atoms with Crippen molar-refractivity contribution in [2.75, 3.05) is 20.8 Å². The van der Waals surface area contributed by atoms with Crippen molar-refractivity contribution in [3.8, 4) is 0 Å². The third-order valence-electron chi connectivity index (χ3n) is 2.98. The van der Waals surface area contributed by atoms with Crippen molar-refractivity contribution < 1.29 is 24.0 Å². The molecule has 0 saturated carbocycles. The molecule has 7 nitrogen and oxygen atoms in total. The number of thiol groups is 1. The summed E-state index contributed by atoms with van der Waals surface area (Å²) in [6, 6.07) is 6.40. The molecule has 0 N–H and O–H groups in total. The van der Waals surface area contributed by atoms with Crippen molar-refractivity contribution in [3.63, 3.8) is 0 Å². The molecule has 0 aromatic heterocycles. The minimum Gasteiger partial charge on any atom is -0.468 e. The summed E-state index contributed by atoms with van der Waals surface area (Å²) in [6.07, 6.45) is 0. The first-order valence-electron chi connectivity index (χ1n) is 5.97. The minimum absolute atomic E-state index is 0.463. The van der Waals surface area contributed by atoms with Crippen LogP contribution in [0.25, 0.3) is 0 Å². The molecule has 1 rings (SSSR count). The second kappa shape index (κ2) is 7.63. The monoisotopic (exact) mass is 313 g/mol. The number of carbonyl (C=O) groups is 2. The maximum atomic E-state index is 11.8. The van der Waals surface area contributed by atoms with Crippen molar-refractivity contribution in [1.82, 2.24) is 0 Å². The Hall–Kier alpha value is -2.09. The minimum atomic E-state index is -1.39. The number of ether oxygens (including phenoxy) is 2. The lowest BCUT2D eigenvalue weighted by Crippen LogP contribution is -2.35. The van der Waals surface area contributed by atoms with E-state index < -0.39 is 35.2 Å². The smallest absolute Gasteiger partial charge is 0.320 e. The van der Waals surface area contributed by atoms with Gasteiger partial charge < -0.3 is 9.47 Å². The first-order chi connectivity index (χ1) is 9.90. The molecule has 0 aliphatic heterocycles. The van der Waals surface area contributed by atoms with Crippen molar-refractivity contribution in [2.24, 2.45) is 5.92 Å². The molecular formula is C13H15NO6S. The van der Waals surface area contributed by atoms with E-state index in [1.807, 2.05) is 0 Å². The van der Waals surface area contributed by atoms with Crippen molar-refractivity contribution in [2.45, 2.75) is 10.8 Å². The van der Waals surface area contributed by atoms with E-state index in [-0.39, 0.29) is 0 Å². The third-order valence-corrected chi connectivity index (χ3v) is 3.28. The molecule has 8 heteroatoms. The van der Waals surface area contributed by atoms with E-state index in [0.717, 1.165) is 14.2 Å². The van der Waals surface area contributed by atoms with Gasteiger partial charge >= 0.3 is 11.9 Å². The zero-order chi connectivity index (χ0) is 16.0. The molecule has 0 saturated heterocycles. The van der Waals surface area contributed by atoms with E-state index in [9.17, 15) is 19.7 Å². The largest absolute Gasteiger partial charge is 0.468 e. The van der Waals surface area contributed by atoms with Gasteiger partial charge in [0.15, 0.2) is 5.92 Å². The van der Waals surface area contributed by atoms with E-state index >= 15 is 0 Å². The zero-order valence-electron chi connectivity index (χ0n) is 11.5. The maximum absolute atomic E-state index is 11.8. The Morgan fingerprint density at radius 2 is 1.67 bits per heavy atom. The van der Waals surface area contributed by atoms with Gasteiger partial charge in [-0.25, -0.2) is 0 Å². The molecule has 0 bridgehead atoms. The molecule has 114 valence electrons. The predicted molar refractivity (Wildman–Crippen MR) is 75.8 cm³/mol. The molecule has 1 aromatic carbocycles. The molecule has 0 fully saturated rings. The van der Waals surface area contributed by atoms with Crippen LogP contribution in [0, 0.1) is 16.0 Å². The highest BCUT2D eigenvalue weighted by Crippen LogP contribution is 2.28. The van der Waals surface area contributed by atoms with Gasteiger partial charge in [-0.15, -0.1) is 12.6 Å². The Bertz CT molecular complexity index is 514. The highest BCUT2D eigenvalue weighted by atomic mass is 32.1. The Kier molecular flexibility index (Phi) is 6.16. The number of methoxy groups -OCH3 is 2. The SMILES string of the molecule is COC(=O)C(C(=O)OC)C(C[N+](=O)[O-])c1ccc(S)cc1. The first-order valence-corrected chi connectivity index (χ1v) is 6.41. The summed E-state index contributed by atoms with van der Waals surface area (Å²) in [5.41, 5.74) is 0.463. The summed E-state index contributed by atoms with van der Waals surface area (Å²) in [5.74, 6) is -4.11. The summed E-state index contributed by atoms with van der Waals surface area (Å²) >= 11 is 4.12. The molecule has 0 spiro atoms. The average Bonchev–Trinajstić information content (AvgIpc) is 2.46. The second-order valence-corrected chi connectivity index (χ2v) is 4.75. The standard InChI is InChI=1S/C13H15NO6S/c1-19-12(15)11(13(16)20-2)10(7-14(17)18)8-3-5-9(21)6-4-8/h3-6,10-11,21H,7H2,1-2H3. The number of rotatable bonds is 6. The average molecular weight is 313 g/mol. The first kappa shape index (κ1) is 17.0. The normalized spacial score (nSPS) is 11.8. The summed E-state index contributed by atoms with van der Waals surface area (Å²) in [7, 11) is 2.22. The van der Waals surface area contributed by atoms with Crippen molar-refractivity contribution in [1.29, 1.82) is 0 Å². The number of hydrogen-bond donors (Lipinski definition) is 1. The Labute approximate surface area is 126 Å². The molecule has 0 heterocycles. The van der Waals surface area contributed by atoms with Gasteiger partial charge in [-0.1, -0.05) is 12.1 Å². The number of esters is 2. The highest BCUT2D eigenvalue weighted by molar-refractivity contribution is 7.80. The fourth-order valence-electron chi connectivity index (χ4n) is 1.96. The van der Waals surface area contributed by atoms with Gasteiger partial charge in [0.25, 0.3) is 0 Å². The van der Waals surface area contributed by atoms with E-state index in [0.29, 0.717) is 10.5 Å². The van der Waals surface area contributed by atoms with Crippen molar-refractivity contribution in [3.05, 3.63) is 39.9 Å². The summed E-state index contributed by atoms with van der Waals surface area (Å²) in [6.45, 7) is -0.596. The molecule has 1 atom stereocenters. The van der Waals surface area contributed by atoms with Gasteiger partial charge in [0.05, 0.1) is 20.1 Å². The van der Waals surface area contributed by atoms with Crippen LogP contribution in [0.5, 0.6) is 0 Å². The van der Waals surface area contributed by atoms with E-state index in [4.69, 9.17) is 0 Å². The van der Waals surface area contributed by atoms with Crippen LogP contribution < -0.4 is 0 Å². The Balaban J connectivity index is 3.25. The van der Waals surface area contributed by atoms with E-state index in [1.165, 1.54) is 0 Å². The van der Waals surface area contributed by atoms with Crippen molar-refractivity contribution >= 4 is 24.6 Å². The van der Waals surface area contributed by atoms with Gasteiger partial charge in [-0.2, -0.15) is 0 Å². The third kappa shape index (κ3) is 4.45. The molecule has 0 radical (unpaired) electrons. The van der Waals surface area contributed by atoms with Crippen LogP contribution in [0.4, 0.5) is 0 Å². The van der Waals surface area contributed by atoms with Crippen LogP contribution in [0.15, 0.2) is 29.2 Å². The molecule has 1 aromatic rings. The zero-order valence-corrected chi connectivity index (χ0v) is 12.4. The molecule has 21 heavy (non-hydrogen) atoms. The summed E-state index contributed by atoms with van der Waals surface area (Å²) in [5, 5.41) is 10.9.